The van der Waals surface area contributed by atoms with E-state index in [1.807, 2.05) is 146 Å². The van der Waals surface area contributed by atoms with E-state index in [4.69, 9.17) is 0 Å². The molecule has 6 aromatic heterocycles. The van der Waals surface area contributed by atoms with E-state index < -0.39 is 5.97 Å². The summed E-state index contributed by atoms with van der Waals surface area (Å²) in [6.07, 6.45) is 20.4. The highest BCUT2D eigenvalue weighted by atomic mass is 16.4. The van der Waals surface area contributed by atoms with Crippen molar-refractivity contribution >= 4 is 41.4 Å². The maximum Gasteiger partial charge on any atom is 0.335 e. The third kappa shape index (κ3) is 20.7. The van der Waals surface area contributed by atoms with Crippen LogP contribution in [0.5, 0.6) is 0 Å². The van der Waals surface area contributed by atoms with Gasteiger partial charge in [0, 0.05) is 186 Å². The number of benzene rings is 7. The number of carboxylic acid groups (broad SMARTS) is 1. The first-order valence-corrected chi connectivity index (χ1v) is 36.2. The normalized spacial score (nSPS) is 10.9. The molecule has 0 radical (unpaired) electrons. The van der Waals surface area contributed by atoms with Crippen LogP contribution >= 0.6 is 0 Å². The first-order valence-electron chi connectivity index (χ1n) is 36.2. The smallest absolute Gasteiger partial charge is 0.335 e. The van der Waals surface area contributed by atoms with Gasteiger partial charge in [0.15, 0.2) is 0 Å². The molecular formula is C91H78N12O8. The van der Waals surface area contributed by atoms with Crippen molar-refractivity contribution in [3.05, 3.63) is 429 Å². The summed E-state index contributed by atoms with van der Waals surface area (Å²) < 4.78 is 0. The largest absolute Gasteiger partial charge is 0.478 e. The first kappa shape index (κ1) is 75.0. The fourth-order valence-electron chi connectivity index (χ4n) is 13.0. The topological polar surface area (TPSA) is 236 Å². The molecule has 7 aromatic carbocycles. The van der Waals surface area contributed by atoms with Crippen LogP contribution in [0.25, 0.3) is 0 Å². The minimum absolute atomic E-state index is 0.126. The van der Waals surface area contributed by atoms with Gasteiger partial charge in [-0.3, -0.25) is 58.7 Å². The van der Waals surface area contributed by atoms with Crippen LogP contribution in [0.4, 0.5) is 0 Å². The van der Waals surface area contributed by atoms with Crippen molar-refractivity contribution in [1.29, 1.82) is 0 Å². The molecule has 0 fully saturated rings. The lowest BCUT2D eigenvalue weighted by molar-refractivity contribution is 0.0690. The number of amides is 6. The lowest BCUT2D eigenvalue weighted by Gasteiger charge is -2.25. The Morgan fingerprint density at radius 1 is 0.189 bits per heavy atom. The minimum atomic E-state index is -1.04. The van der Waals surface area contributed by atoms with E-state index in [9.17, 15) is 38.7 Å². The predicted octanol–water partition coefficient (Wildman–Crippen LogP) is 14.8. The van der Waals surface area contributed by atoms with Crippen LogP contribution in [0.2, 0.25) is 0 Å². The molecule has 0 aliphatic carbocycles. The SMILES string of the molecule is O=C(O)c1ccc(CN(Cc2cccnc2)C(=O)c2ccc(CN(Cc3cccnc3)C(=O)c3ccc(CN(Cc4cccnc4)C(=O)c4ccc(CN(Cc5cccnc5)C(=O)c5ccc(CN(Cc6cccnc6)C(=O)c6ccc(CN(Cc7cccnc7)C(=O)c7ccccc7)cc6)cc5)cc4)cc3)cc2)cc1. The van der Waals surface area contributed by atoms with Crippen LogP contribution in [0.1, 0.15) is 139 Å². The number of carbonyl (C=O) groups is 7. The molecule has 6 heterocycles. The maximum atomic E-state index is 14.8. The summed E-state index contributed by atoms with van der Waals surface area (Å²) in [5, 5.41) is 9.48. The van der Waals surface area contributed by atoms with Crippen molar-refractivity contribution < 1.29 is 38.7 Å². The van der Waals surface area contributed by atoms with Gasteiger partial charge in [-0.15, -0.1) is 0 Å². The molecular weight excluding hydrogens is 1390 g/mol. The van der Waals surface area contributed by atoms with Gasteiger partial charge < -0.3 is 34.5 Å². The number of pyridine rings is 6. The molecule has 20 heteroatoms. The van der Waals surface area contributed by atoms with Crippen molar-refractivity contribution in [2.75, 3.05) is 0 Å². The third-order valence-electron chi connectivity index (χ3n) is 18.8. The molecule has 0 bridgehead atoms. The van der Waals surface area contributed by atoms with Gasteiger partial charge in [0.2, 0.25) is 0 Å². The number of hydrogen-bond donors (Lipinski definition) is 1. The van der Waals surface area contributed by atoms with Crippen LogP contribution in [-0.4, -0.2) is 106 Å². The van der Waals surface area contributed by atoms with Crippen LogP contribution < -0.4 is 0 Å². The zero-order valence-corrected chi connectivity index (χ0v) is 60.8. The molecule has 0 aliphatic heterocycles. The van der Waals surface area contributed by atoms with Crippen molar-refractivity contribution in [3.8, 4) is 0 Å². The van der Waals surface area contributed by atoms with Crippen molar-refractivity contribution in [1.82, 2.24) is 59.3 Å². The van der Waals surface area contributed by atoms with Crippen molar-refractivity contribution in [3.63, 3.8) is 0 Å². The Bertz CT molecular complexity index is 5260. The monoisotopic (exact) mass is 1470 g/mol. The molecule has 20 nitrogen and oxygen atoms in total. The summed E-state index contributed by atoms with van der Waals surface area (Å²) >= 11 is 0. The fourth-order valence-corrected chi connectivity index (χ4v) is 13.0. The van der Waals surface area contributed by atoms with Gasteiger partial charge in [-0.2, -0.15) is 0 Å². The third-order valence-corrected chi connectivity index (χ3v) is 18.8. The van der Waals surface area contributed by atoms with Gasteiger partial charge in [0.1, 0.15) is 0 Å². The van der Waals surface area contributed by atoms with Crippen LogP contribution in [0.15, 0.2) is 323 Å². The molecule has 13 rings (SSSR count). The Hall–Kier alpha value is -14.3. The summed E-state index contributed by atoms with van der Waals surface area (Å²) in [5.74, 6) is -2.34. The number of carbonyl (C=O) groups excluding carboxylic acids is 6. The van der Waals surface area contributed by atoms with E-state index in [2.05, 4.69) is 29.9 Å². The highest BCUT2D eigenvalue weighted by molar-refractivity contribution is 5.98. The van der Waals surface area contributed by atoms with Gasteiger partial charge in [-0.05, 0) is 188 Å². The second kappa shape index (κ2) is 36.8. The fraction of sp³-hybridized carbons (Fsp3) is 0.132. The Kier molecular flexibility index (Phi) is 24.9. The maximum absolute atomic E-state index is 14.8. The zero-order chi connectivity index (χ0) is 76.7. The van der Waals surface area contributed by atoms with Gasteiger partial charge in [0.05, 0.1) is 5.56 Å². The van der Waals surface area contributed by atoms with Crippen molar-refractivity contribution in [2.45, 2.75) is 78.5 Å². The van der Waals surface area contributed by atoms with E-state index in [1.54, 1.807) is 195 Å². The van der Waals surface area contributed by atoms with E-state index in [-0.39, 0.29) is 106 Å². The summed E-state index contributed by atoms with van der Waals surface area (Å²) in [7, 11) is 0. The number of carboxylic acids is 1. The zero-order valence-electron chi connectivity index (χ0n) is 60.8. The molecule has 1 N–H and O–H groups in total. The van der Waals surface area contributed by atoms with Gasteiger partial charge in [-0.25, -0.2) is 4.79 Å². The van der Waals surface area contributed by atoms with Gasteiger partial charge in [0.25, 0.3) is 35.4 Å². The highest BCUT2D eigenvalue weighted by Gasteiger charge is 2.26. The molecule has 6 amide bonds. The Morgan fingerprint density at radius 2 is 0.351 bits per heavy atom. The first-order chi connectivity index (χ1) is 54.3. The summed E-state index contributed by atoms with van der Waals surface area (Å²) in [6.45, 7) is 2.93. The summed E-state index contributed by atoms with van der Waals surface area (Å²) in [5.41, 5.74) is 12.7. The number of hydrogen-bond acceptors (Lipinski definition) is 13. The summed E-state index contributed by atoms with van der Waals surface area (Å²) in [6, 6.07) is 74.3. The lowest BCUT2D eigenvalue weighted by Crippen LogP contribution is -2.31. The predicted molar refractivity (Wildman–Crippen MR) is 419 cm³/mol. The van der Waals surface area contributed by atoms with Crippen LogP contribution in [0.3, 0.4) is 0 Å². The quantitative estimate of drug-likeness (QED) is 0.0425. The molecule has 0 saturated carbocycles. The molecule has 0 aliphatic rings. The molecule has 111 heavy (non-hydrogen) atoms. The molecule has 13 aromatic rings. The number of aromatic carboxylic acids is 1. The molecule has 0 unspecified atom stereocenters. The van der Waals surface area contributed by atoms with Crippen molar-refractivity contribution in [2.24, 2.45) is 0 Å². The minimum Gasteiger partial charge on any atom is -0.478 e. The Labute approximate surface area is 643 Å². The lowest BCUT2D eigenvalue weighted by atomic mass is 10.1. The van der Waals surface area contributed by atoms with E-state index in [0.717, 1.165) is 66.8 Å². The van der Waals surface area contributed by atoms with E-state index in [1.165, 1.54) is 12.1 Å². The molecule has 0 spiro atoms. The van der Waals surface area contributed by atoms with E-state index >= 15 is 0 Å². The standard InChI is InChI=1S/C91H78N12O8/c104-85(78-16-2-1-3-17-78)98(60-72-10-4-42-92-48-72)54-66-18-30-79(31-19-66)86(105)99(61-73-11-5-43-93-49-73)55-67-20-32-80(33-21-67)87(106)100(62-74-12-6-44-94-50-74)56-68-22-34-81(35-23-68)88(107)101(63-75-13-7-45-95-51-75)57-69-24-36-82(37-25-69)89(108)102(64-76-14-8-46-96-52-76)58-70-26-38-83(39-27-70)90(109)103(65-77-15-9-47-97-53-77)59-71-28-40-84(41-29-71)91(110)111/h1-53H,54-65H2,(H,110,111). The Balaban J connectivity index is 0.677. The van der Waals surface area contributed by atoms with E-state index in [0.29, 0.717) is 46.5 Å². The summed E-state index contributed by atoms with van der Waals surface area (Å²) in [4.78, 5) is 135. The molecule has 550 valence electrons. The Morgan fingerprint density at radius 3 is 0.514 bits per heavy atom. The number of nitrogens with zero attached hydrogens (tertiary/aromatic N) is 12. The average Bonchev–Trinajstić information content (AvgIpc) is 0.828. The van der Waals surface area contributed by atoms with Crippen LogP contribution in [0, 0.1) is 0 Å². The van der Waals surface area contributed by atoms with Gasteiger partial charge >= 0.3 is 5.97 Å². The number of rotatable bonds is 31. The number of aromatic nitrogens is 6. The van der Waals surface area contributed by atoms with Gasteiger partial charge in [-0.1, -0.05) is 127 Å². The highest BCUT2D eigenvalue weighted by Crippen LogP contribution is 2.25. The molecule has 0 saturated heterocycles. The average molecular weight is 1470 g/mol. The molecule has 0 atom stereocenters. The second-order valence-corrected chi connectivity index (χ2v) is 27.0. The van der Waals surface area contributed by atoms with Crippen LogP contribution in [-0.2, 0) is 78.5 Å². The second-order valence-electron chi connectivity index (χ2n) is 27.0.